The normalized spacial score (nSPS) is 10.1. The minimum absolute atomic E-state index is 0.0568. The molecule has 0 bridgehead atoms. The summed E-state index contributed by atoms with van der Waals surface area (Å²) in [6.45, 7) is 3.30. The number of thiocarbonyl (C=S) groups is 1. The van der Waals surface area contributed by atoms with Gasteiger partial charge in [0.15, 0.2) is 11.7 Å². The molecule has 6 nitrogen and oxygen atoms in total. The Labute approximate surface area is 172 Å². The molecule has 8 heteroatoms. The molecule has 27 heavy (non-hydrogen) atoms. The zero-order valence-corrected chi connectivity index (χ0v) is 17.6. The molecule has 0 spiro atoms. The van der Waals surface area contributed by atoms with E-state index in [1.165, 1.54) is 11.8 Å². The van der Waals surface area contributed by atoms with E-state index in [4.69, 9.17) is 17.0 Å². The first-order chi connectivity index (χ1) is 12.8. The lowest BCUT2D eigenvalue weighted by atomic mass is 10.2. The van der Waals surface area contributed by atoms with Gasteiger partial charge < -0.3 is 15.0 Å². The van der Waals surface area contributed by atoms with E-state index in [1.807, 2.05) is 19.1 Å². The summed E-state index contributed by atoms with van der Waals surface area (Å²) in [6, 6.07) is 12.7. The van der Waals surface area contributed by atoms with E-state index in [1.54, 1.807) is 37.4 Å². The number of hydrogen-bond donors (Lipinski definition) is 2. The van der Waals surface area contributed by atoms with Gasteiger partial charge in [-0.2, -0.15) is 0 Å². The fraction of sp³-hybridized carbons (Fsp3) is 0.211. The molecule has 0 heterocycles. The van der Waals surface area contributed by atoms with Gasteiger partial charge in [-0.15, -0.1) is 0 Å². The maximum absolute atomic E-state index is 12.0. The van der Waals surface area contributed by atoms with Gasteiger partial charge in [-0.05, 0) is 77.0 Å². The number of hydrogen-bond acceptors (Lipinski definition) is 4. The van der Waals surface area contributed by atoms with Gasteiger partial charge in [0.25, 0.3) is 5.91 Å². The van der Waals surface area contributed by atoms with Crippen LogP contribution in [0.15, 0.2) is 46.9 Å². The lowest BCUT2D eigenvalue weighted by Gasteiger charge is -2.16. The molecule has 2 aromatic rings. The van der Waals surface area contributed by atoms with Gasteiger partial charge in [-0.3, -0.25) is 14.9 Å². The lowest BCUT2D eigenvalue weighted by Crippen LogP contribution is -2.37. The Bertz CT molecular complexity index is 856. The van der Waals surface area contributed by atoms with Crippen molar-refractivity contribution >= 4 is 56.4 Å². The van der Waals surface area contributed by atoms with Crippen LogP contribution in [0.3, 0.4) is 0 Å². The summed E-state index contributed by atoms with van der Waals surface area (Å²) in [5, 5.41) is 5.64. The summed E-state index contributed by atoms with van der Waals surface area (Å²) < 4.78 is 6.27. The number of carbonyl (C=O) groups is 2. The average molecular weight is 450 g/mol. The highest BCUT2D eigenvalue weighted by molar-refractivity contribution is 9.10. The minimum Gasteiger partial charge on any atom is -0.483 e. The van der Waals surface area contributed by atoms with Crippen molar-refractivity contribution in [1.29, 1.82) is 0 Å². The summed E-state index contributed by atoms with van der Waals surface area (Å²) in [4.78, 5) is 24.9. The second kappa shape index (κ2) is 9.48. The third-order valence-corrected chi connectivity index (χ3v) is 4.51. The van der Waals surface area contributed by atoms with Crippen LogP contribution in [0.1, 0.15) is 12.5 Å². The molecule has 0 aliphatic carbocycles. The first kappa shape index (κ1) is 20.9. The van der Waals surface area contributed by atoms with Crippen molar-refractivity contribution in [1.82, 2.24) is 5.32 Å². The molecule has 0 saturated carbocycles. The van der Waals surface area contributed by atoms with Gasteiger partial charge in [-0.25, -0.2) is 0 Å². The second-order valence-corrected chi connectivity index (χ2v) is 7.11. The van der Waals surface area contributed by atoms with Crippen LogP contribution in [0.25, 0.3) is 0 Å². The average Bonchev–Trinajstić information content (AvgIpc) is 2.60. The van der Waals surface area contributed by atoms with Crippen LogP contribution in [-0.2, 0) is 9.59 Å². The van der Waals surface area contributed by atoms with Crippen LogP contribution in [0.5, 0.6) is 5.75 Å². The zero-order chi connectivity index (χ0) is 20.0. The SMILES string of the molecule is CC(=O)N(C)c1ccc(NC(=S)NC(=O)COc2ccc(C)cc2Br)cc1. The molecule has 0 saturated heterocycles. The molecular formula is C19H20BrN3O3S. The van der Waals surface area contributed by atoms with Crippen molar-refractivity contribution in [3.8, 4) is 5.75 Å². The van der Waals surface area contributed by atoms with Gasteiger partial charge >= 0.3 is 0 Å². The molecule has 142 valence electrons. The number of anilines is 2. The number of carbonyl (C=O) groups excluding carboxylic acids is 2. The van der Waals surface area contributed by atoms with Gasteiger partial charge in [0.1, 0.15) is 5.75 Å². The van der Waals surface area contributed by atoms with E-state index in [-0.39, 0.29) is 23.5 Å². The monoisotopic (exact) mass is 449 g/mol. The number of benzene rings is 2. The van der Waals surface area contributed by atoms with Gasteiger partial charge in [0, 0.05) is 25.3 Å². The Morgan fingerprint density at radius 3 is 2.44 bits per heavy atom. The molecule has 2 rings (SSSR count). The molecule has 2 amide bonds. The molecule has 0 radical (unpaired) electrons. The molecule has 2 aromatic carbocycles. The topological polar surface area (TPSA) is 70.7 Å². The Hall–Kier alpha value is -2.45. The zero-order valence-electron chi connectivity index (χ0n) is 15.2. The molecule has 0 fully saturated rings. The number of aryl methyl sites for hydroxylation is 1. The molecule has 0 aliphatic rings. The number of ether oxygens (including phenoxy) is 1. The maximum atomic E-state index is 12.0. The first-order valence-electron chi connectivity index (χ1n) is 8.10. The van der Waals surface area contributed by atoms with E-state index in [0.29, 0.717) is 11.4 Å². The van der Waals surface area contributed by atoms with E-state index < -0.39 is 0 Å². The Morgan fingerprint density at radius 2 is 1.85 bits per heavy atom. The Morgan fingerprint density at radius 1 is 1.19 bits per heavy atom. The smallest absolute Gasteiger partial charge is 0.264 e. The van der Waals surface area contributed by atoms with Crippen molar-refractivity contribution in [2.24, 2.45) is 0 Å². The third-order valence-electron chi connectivity index (χ3n) is 3.68. The van der Waals surface area contributed by atoms with Crippen molar-refractivity contribution in [3.05, 3.63) is 52.5 Å². The summed E-state index contributed by atoms with van der Waals surface area (Å²) in [5.41, 5.74) is 2.55. The van der Waals surface area contributed by atoms with Gasteiger partial charge in [-0.1, -0.05) is 6.07 Å². The molecular weight excluding hydrogens is 430 g/mol. The number of halogens is 1. The fourth-order valence-electron chi connectivity index (χ4n) is 2.14. The second-order valence-electron chi connectivity index (χ2n) is 5.85. The van der Waals surface area contributed by atoms with Crippen LogP contribution < -0.4 is 20.3 Å². The number of nitrogens with one attached hydrogen (secondary N) is 2. The highest BCUT2D eigenvalue weighted by Gasteiger charge is 2.09. The highest BCUT2D eigenvalue weighted by atomic mass is 79.9. The third kappa shape index (κ3) is 6.33. The quantitative estimate of drug-likeness (QED) is 0.681. The van der Waals surface area contributed by atoms with Crippen molar-refractivity contribution < 1.29 is 14.3 Å². The fourth-order valence-corrected chi connectivity index (χ4v) is 2.98. The standard InChI is InChI=1S/C19H20BrN3O3S/c1-12-4-9-17(16(20)10-12)26-11-18(25)22-19(27)21-14-5-7-15(8-6-14)23(3)13(2)24/h4-10H,11H2,1-3H3,(H2,21,22,25,27). The van der Waals surface area contributed by atoms with Crippen LogP contribution in [-0.4, -0.2) is 30.6 Å². The molecule has 0 unspecified atom stereocenters. The number of amides is 2. The van der Waals surface area contributed by atoms with Crippen molar-refractivity contribution in [2.75, 3.05) is 23.9 Å². The Kier molecular flexibility index (Phi) is 7.32. The summed E-state index contributed by atoms with van der Waals surface area (Å²) in [6.07, 6.45) is 0. The number of nitrogens with zero attached hydrogens (tertiary/aromatic N) is 1. The van der Waals surface area contributed by atoms with Crippen molar-refractivity contribution in [3.63, 3.8) is 0 Å². The first-order valence-corrected chi connectivity index (χ1v) is 9.30. The predicted octanol–water partition coefficient (Wildman–Crippen LogP) is 3.63. The lowest BCUT2D eigenvalue weighted by molar-refractivity contribution is -0.121. The van der Waals surface area contributed by atoms with Gasteiger partial charge in [0.2, 0.25) is 5.91 Å². The largest absolute Gasteiger partial charge is 0.483 e. The summed E-state index contributed by atoms with van der Waals surface area (Å²) >= 11 is 8.54. The molecule has 2 N–H and O–H groups in total. The van der Waals surface area contributed by atoms with Gasteiger partial charge in [0.05, 0.1) is 4.47 Å². The minimum atomic E-state index is -0.368. The van der Waals surface area contributed by atoms with E-state index in [2.05, 4.69) is 26.6 Å². The summed E-state index contributed by atoms with van der Waals surface area (Å²) in [7, 11) is 1.70. The molecule has 0 aliphatic heterocycles. The van der Waals surface area contributed by atoms with E-state index in [9.17, 15) is 9.59 Å². The molecule has 0 atom stereocenters. The summed E-state index contributed by atoms with van der Waals surface area (Å²) in [5.74, 6) is 0.159. The van der Waals surface area contributed by atoms with E-state index >= 15 is 0 Å². The Balaban J connectivity index is 1.84. The van der Waals surface area contributed by atoms with Crippen LogP contribution in [0.4, 0.5) is 11.4 Å². The van der Waals surface area contributed by atoms with Crippen LogP contribution >= 0.6 is 28.1 Å². The van der Waals surface area contributed by atoms with Crippen molar-refractivity contribution in [2.45, 2.75) is 13.8 Å². The van der Waals surface area contributed by atoms with E-state index in [0.717, 1.165) is 15.7 Å². The highest BCUT2D eigenvalue weighted by Crippen LogP contribution is 2.25. The number of rotatable bonds is 5. The molecule has 0 aromatic heterocycles. The van der Waals surface area contributed by atoms with Crippen LogP contribution in [0, 0.1) is 6.92 Å². The maximum Gasteiger partial charge on any atom is 0.264 e. The predicted molar refractivity (Wildman–Crippen MR) is 114 cm³/mol. The van der Waals surface area contributed by atoms with Crippen LogP contribution in [0.2, 0.25) is 0 Å².